The van der Waals surface area contributed by atoms with Gasteiger partial charge in [0, 0.05) is 23.6 Å². The van der Waals surface area contributed by atoms with Crippen molar-refractivity contribution < 1.29 is 14.3 Å². The van der Waals surface area contributed by atoms with Crippen LogP contribution in [-0.4, -0.2) is 35.1 Å². The van der Waals surface area contributed by atoms with E-state index < -0.39 is 5.97 Å². The molecule has 0 spiro atoms. The number of amides is 1. The van der Waals surface area contributed by atoms with Gasteiger partial charge in [0.1, 0.15) is 5.82 Å². The number of halogens is 1. The largest absolute Gasteiger partial charge is 0.465 e. The number of nitrogens with zero attached hydrogens (tertiary/aromatic N) is 3. The van der Waals surface area contributed by atoms with Crippen LogP contribution in [0.2, 0.25) is 5.02 Å². The zero-order chi connectivity index (χ0) is 25.7. The number of rotatable bonds is 10. The fourth-order valence-electron chi connectivity index (χ4n) is 4.48. The van der Waals surface area contributed by atoms with Crippen LogP contribution in [-0.2, 0) is 22.5 Å². The molecule has 0 radical (unpaired) electrons. The van der Waals surface area contributed by atoms with Crippen LogP contribution in [0.5, 0.6) is 0 Å². The lowest BCUT2D eigenvalue weighted by Gasteiger charge is -2.16. The zero-order valence-electron chi connectivity index (χ0n) is 21.1. The van der Waals surface area contributed by atoms with Gasteiger partial charge < -0.3 is 14.2 Å². The predicted molar refractivity (Wildman–Crippen MR) is 144 cm³/mol. The highest BCUT2D eigenvalue weighted by molar-refractivity contribution is 6.35. The minimum Gasteiger partial charge on any atom is -0.465 e. The first-order valence-corrected chi connectivity index (χ1v) is 12.9. The highest BCUT2D eigenvalue weighted by Crippen LogP contribution is 2.38. The first-order valence-electron chi connectivity index (χ1n) is 12.5. The minimum atomic E-state index is -0.425. The van der Waals surface area contributed by atoms with E-state index >= 15 is 0 Å². The number of aromatic nitrogens is 2. The standard InChI is InChI=1S/C29H32ClN3O3/c1-4-6-12-27-31-18-22(33(27)19-21-14-13-20(16-25(21)30)29(35)36-3)17-24-23-10-8-9-11-26(23)32(28(24)34)15-7-5-2/h8-11,13-14,16-18H,4-7,12,15,19H2,1-3H3. The second kappa shape index (κ2) is 11.6. The fraction of sp³-hybridized carbons (Fsp3) is 0.345. The molecular formula is C29H32ClN3O3. The Hall–Kier alpha value is -3.38. The van der Waals surface area contributed by atoms with E-state index in [9.17, 15) is 9.59 Å². The predicted octanol–water partition coefficient (Wildman–Crippen LogP) is 6.40. The normalized spacial score (nSPS) is 13.9. The number of benzene rings is 2. The van der Waals surface area contributed by atoms with E-state index in [0.29, 0.717) is 29.2 Å². The van der Waals surface area contributed by atoms with Crippen LogP contribution in [0.15, 0.2) is 48.7 Å². The number of hydrogen-bond donors (Lipinski definition) is 0. The maximum absolute atomic E-state index is 13.5. The lowest BCUT2D eigenvalue weighted by molar-refractivity contribution is -0.113. The molecule has 0 atom stereocenters. The van der Waals surface area contributed by atoms with Crippen LogP contribution < -0.4 is 4.90 Å². The molecule has 0 fully saturated rings. The van der Waals surface area contributed by atoms with Crippen molar-refractivity contribution in [2.24, 2.45) is 0 Å². The van der Waals surface area contributed by atoms with E-state index in [-0.39, 0.29) is 5.91 Å². The highest BCUT2D eigenvalue weighted by Gasteiger charge is 2.31. The Morgan fingerprint density at radius 3 is 2.61 bits per heavy atom. The van der Waals surface area contributed by atoms with Crippen molar-refractivity contribution in [3.8, 4) is 0 Å². The monoisotopic (exact) mass is 505 g/mol. The van der Waals surface area contributed by atoms with E-state index in [1.54, 1.807) is 12.1 Å². The van der Waals surface area contributed by atoms with E-state index in [4.69, 9.17) is 21.3 Å². The molecule has 0 unspecified atom stereocenters. The maximum Gasteiger partial charge on any atom is 0.337 e. The van der Waals surface area contributed by atoms with Crippen LogP contribution in [0.1, 0.15) is 72.5 Å². The number of para-hydroxylation sites is 1. The van der Waals surface area contributed by atoms with Gasteiger partial charge in [-0.1, -0.05) is 62.6 Å². The van der Waals surface area contributed by atoms with Gasteiger partial charge in [0.25, 0.3) is 5.91 Å². The summed E-state index contributed by atoms with van der Waals surface area (Å²) >= 11 is 6.57. The van der Waals surface area contributed by atoms with Crippen molar-refractivity contribution in [3.05, 3.63) is 81.9 Å². The maximum atomic E-state index is 13.5. The SMILES string of the molecule is CCCCc1ncc(C=C2C(=O)N(CCCC)c3ccccc32)n1Cc1ccc(C(=O)OC)cc1Cl. The molecular weight excluding hydrogens is 474 g/mol. The molecule has 0 bridgehead atoms. The van der Waals surface area contributed by atoms with Gasteiger partial charge >= 0.3 is 5.97 Å². The van der Waals surface area contributed by atoms with Crippen LogP contribution in [0.4, 0.5) is 5.69 Å². The molecule has 3 aromatic rings. The molecule has 7 heteroatoms. The van der Waals surface area contributed by atoms with Gasteiger partial charge in [-0.3, -0.25) is 4.79 Å². The van der Waals surface area contributed by atoms with Gasteiger partial charge in [-0.2, -0.15) is 0 Å². The number of fused-ring (bicyclic) bond motifs is 1. The first kappa shape index (κ1) is 25.7. The number of unbranched alkanes of at least 4 members (excludes halogenated alkanes) is 2. The molecule has 36 heavy (non-hydrogen) atoms. The molecule has 2 heterocycles. The quantitative estimate of drug-likeness (QED) is 0.236. The van der Waals surface area contributed by atoms with E-state index in [1.165, 1.54) is 7.11 Å². The van der Waals surface area contributed by atoms with Gasteiger partial charge in [0.2, 0.25) is 0 Å². The van der Waals surface area contributed by atoms with Crippen molar-refractivity contribution in [2.75, 3.05) is 18.6 Å². The average Bonchev–Trinajstić information content (AvgIpc) is 3.39. The van der Waals surface area contributed by atoms with Gasteiger partial charge in [-0.25, -0.2) is 9.78 Å². The third-order valence-electron chi connectivity index (χ3n) is 6.51. The van der Waals surface area contributed by atoms with Gasteiger partial charge in [0.05, 0.1) is 42.4 Å². The smallest absolute Gasteiger partial charge is 0.337 e. The molecule has 188 valence electrons. The molecule has 1 amide bonds. The number of carbonyl (C=O) groups excluding carboxylic acids is 2. The first-order chi connectivity index (χ1) is 17.5. The van der Waals surface area contributed by atoms with Crippen molar-refractivity contribution in [2.45, 2.75) is 52.5 Å². The van der Waals surface area contributed by atoms with Crippen molar-refractivity contribution in [3.63, 3.8) is 0 Å². The summed E-state index contributed by atoms with van der Waals surface area (Å²) in [6, 6.07) is 13.2. The van der Waals surface area contributed by atoms with E-state index in [1.807, 2.05) is 47.5 Å². The number of carbonyl (C=O) groups is 2. The van der Waals surface area contributed by atoms with Gasteiger partial charge in [-0.15, -0.1) is 0 Å². The molecule has 2 aromatic carbocycles. The molecule has 0 N–H and O–H groups in total. The Bertz CT molecular complexity index is 1290. The lowest BCUT2D eigenvalue weighted by atomic mass is 10.1. The molecule has 4 rings (SSSR count). The molecule has 0 saturated carbocycles. The summed E-state index contributed by atoms with van der Waals surface area (Å²) in [5, 5.41) is 0.486. The van der Waals surface area contributed by atoms with Crippen molar-refractivity contribution in [1.29, 1.82) is 0 Å². The van der Waals surface area contributed by atoms with Crippen LogP contribution in [0.25, 0.3) is 11.6 Å². The minimum absolute atomic E-state index is 0.0213. The van der Waals surface area contributed by atoms with Crippen LogP contribution in [0.3, 0.4) is 0 Å². The molecule has 1 aliphatic heterocycles. The highest BCUT2D eigenvalue weighted by atomic mass is 35.5. The molecule has 0 saturated heterocycles. The fourth-order valence-corrected chi connectivity index (χ4v) is 4.72. The van der Waals surface area contributed by atoms with Crippen molar-refractivity contribution in [1.82, 2.24) is 9.55 Å². The number of anilines is 1. The summed E-state index contributed by atoms with van der Waals surface area (Å²) in [7, 11) is 1.35. The topological polar surface area (TPSA) is 64.4 Å². The summed E-state index contributed by atoms with van der Waals surface area (Å²) in [6.45, 7) is 5.46. The molecule has 1 aliphatic rings. The Kier molecular flexibility index (Phi) is 8.26. The van der Waals surface area contributed by atoms with Crippen LogP contribution >= 0.6 is 11.6 Å². The summed E-state index contributed by atoms with van der Waals surface area (Å²) in [4.78, 5) is 32.0. The van der Waals surface area contributed by atoms with Crippen LogP contribution in [0, 0.1) is 0 Å². The number of esters is 1. The second-order valence-corrected chi connectivity index (χ2v) is 9.38. The molecule has 1 aromatic heterocycles. The summed E-state index contributed by atoms with van der Waals surface area (Å²) in [6.07, 6.45) is 8.64. The number of hydrogen-bond acceptors (Lipinski definition) is 4. The summed E-state index contributed by atoms with van der Waals surface area (Å²) in [5.74, 6) is 0.539. The molecule has 0 aliphatic carbocycles. The Labute approximate surface area is 217 Å². The van der Waals surface area contributed by atoms with Gasteiger partial charge in [0.15, 0.2) is 0 Å². The summed E-state index contributed by atoms with van der Waals surface area (Å²) < 4.78 is 6.93. The number of imidazole rings is 1. The second-order valence-electron chi connectivity index (χ2n) is 8.97. The number of methoxy groups -OCH3 is 1. The average molecular weight is 506 g/mol. The molecule has 6 nitrogen and oxygen atoms in total. The Morgan fingerprint density at radius 2 is 1.89 bits per heavy atom. The number of aryl methyl sites for hydroxylation is 1. The van der Waals surface area contributed by atoms with E-state index in [2.05, 4.69) is 18.4 Å². The zero-order valence-corrected chi connectivity index (χ0v) is 21.8. The lowest BCUT2D eigenvalue weighted by Crippen LogP contribution is -2.27. The number of ether oxygens (including phenoxy) is 1. The summed E-state index contributed by atoms with van der Waals surface area (Å²) in [5.41, 5.74) is 4.71. The third kappa shape index (κ3) is 5.24. The van der Waals surface area contributed by atoms with Crippen molar-refractivity contribution >= 4 is 40.8 Å². The van der Waals surface area contributed by atoms with Gasteiger partial charge in [-0.05, 0) is 42.7 Å². The Morgan fingerprint density at radius 1 is 1.11 bits per heavy atom. The Balaban J connectivity index is 1.74. The third-order valence-corrected chi connectivity index (χ3v) is 6.87. The van der Waals surface area contributed by atoms with E-state index in [0.717, 1.165) is 60.4 Å².